The summed E-state index contributed by atoms with van der Waals surface area (Å²) in [5, 5.41) is 18.4. The second-order valence-electron chi connectivity index (χ2n) is 12.2. The van der Waals surface area contributed by atoms with E-state index in [4.69, 9.17) is 4.74 Å². The second-order valence-corrected chi connectivity index (χ2v) is 14.1. The molecule has 0 aromatic carbocycles. The molecule has 40 heavy (non-hydrogen) atoms. The van der Waals surface area contributed by atoms with E-state index in [9.17, 15) is 32.7 Å². The smallest absolute Gasteiger partial charge is 0.408 e. The SMILES string of the molecule is CC(C)(C)OC(=O)N[C@H]1CCNCCC/C=C\[C@@H]2C[C@@]2(C(=O)NS(=O)(=O)C2CC2)NC(=O)[C@@H]2C[C@@H](O)CN2C1=O. The lowest BCUT2D eigenvalue weighted by Crippen LogP contribution is -2.58. The number of ether oxygens (including phenoxy) is 1. The number of fused-ring (bicyclic) bond motifs is 2. The summed E-state index contributed by atoms with van der Waals surface area (Å²) in [6.45, 7) is 6.05. The zero-order valence-corrected chi connectivity index (χ0v) is 24.1. The van der Waals surface area contributed by atoms with Crippen molar-refractivity contribution in [2.45, 2.75) is 100 Å². The van der Waals surface area contributed by atoms with Crippen LogP contribution in [0.25, 0.3) is 0 Å². The van der Waals surface area contributed by atoms with Crippen molar-refractivity contribution >= 4 is 33.8 Å². The zero-order chi connectivity index (χ0) is 29.3. The Bertz CT molecular complexity index is 1150. The first-order valence-electron chi connectivity index (χ1n) is 14.0. The number of rotatable bonds is 4. The van der Waals surface area contributed by atoms with Gasteiger partial charge in [-0.25, -0.2) is 13.2 Å². The lowest BCUT2D eigenvalue weighted by Gasteiger charge is -2.30. The number of hydrogen-bond acceptors (Lipinski definition) is 9. The third-order valence-corrected chi connectivity index (χ3v) is 9.34. The van der Waals surface area contributed by atoms with Crippen LogP contribution < -0.4 is 20.7 Å². The molecule has 3 fully saturated rings. The summed E-state index contributed by atoms with van der Waals surface area (Å²) in [6.07, 6.45) is 4.77. The number of nitrogens with zero attached hydrogens (tertiary/aromatic N) is 1. The van der Waals surface area contributed by atoms with Crippen LogP contribution in [0.2, 0.25) is 0 Å². The number of alkyl carbamates (subject to hydrolysis) is 1. The van der Waals surface area contributed by atoms with E-state index in [1.54, 1.807) is 20.8 Å². The molecule has 14 heteroatoms. The average Bonchev–Trinajstić information content (AvgIpc) is 3.75. The first-order valence-corrected chi connectivity index (χ1v) is 15.5. The van der Waals surface area contributed by atoms with E-state index < -0.39 is 74.3 Å². The van der Waals surface area contributed by atoms with Crippen LogP contribution in [0, 0.1) is 5.92 Å². The minimum atomic E-state index is -3.84. The standard InChI is InChI=1S/C26H41N5O8S/c1-25(2,3)39-24(36)28-19-10-12-27-11-6-4-5-7-16-14-26(16,23(35)30-40(37,38)18-8-9-18)29-21(33)20-13-17(32)15-31(20)22(19)34/h5,7,16-20,27,32H,4,6,8-15H2,1-3H3,(H,28,36)(H,29,33)(H,30,35)/b7-5-/t16-,17-,19+,20+,26-/m1/s1. The fourth-order valence-electron chi connectivity index (χ4n) is 5.16. The number of sulfonamides is 1. The van der Waals surface area contributed by atoms with Crippen LogP contribution in [0.5, 0.6) is 0 Å². The van der Waals surface area contributed by atoms with Crippen molar-refractivity contribution in [3.63, 3.8) is 0 Å². The van der Waals surface area contributed by atoms with Gasteiger partial charge in [0.05, 0.1) is 11.4 Å². The van der Waals surface area contributed by atoms with E-state index in [0.29, 0.717) is 32.4 Å². The van der Waals surface area contributed by atoms with Crippen molar-refractivity contribution in [1.29, 1.82) is 0 Å². The van der Waals surface area contributed by atoms with E-state index in [-0.39, 0.29) is 25.8 Å². The van der Waals surface area contributed by atoms with Crippen molar-refractivity contribution in [2.75, 3.05) is 19.6 Å². The Morgan fingerprint density at radius 2 is 1.90 bits per heavy atom. The number of allylic oxidation sites excluding steroid dienone is 1. The molecule has 2 heterocycles. The minimum Gasteiger partial charge on any atom is -0.444 e. The molecular formula is C26H41N5O8S. The zero-order valence-electron chi connectivity index (χ0n) is 23.3. The summed E-state index contributed by atoms with van der Waals surface area (Å²) < 4.78 is 32.5. The first kappa shape index (κ1) is 30.3. The van der Waals surface area contributed by atoms with Crippen molar-refractivity contribution in [3.05, 3.63) is 12.2 Å². The van der Waals surface area contributed by atoms with Gasteiger partial charge < -0.3 is 30.7 Å². The molecule has 2 saturated carbocycles. The minimum absolute atomic E-state index is 0.0619. The first-order chi connectivity index (χ1) is 18.7. The predicted octanol–water partition coefficient (Wildman–Crippen LogP) is -0.345. The Kier molecular flexibility index (Phi) is 8.81. The van der Waals surface area contributed by atoms with Crippen molar-refractivity contribution in [1.82, 2.24) is 25.6 Å². The lowest BCUT2D eigenvalue weighted by molar-refractivity contribution is -0.141. The Morgan fingerprint density at radius 3 is 2.58 bits per heavy atom. The molecule has 224 valence electrons. The maximum Gasteiger partial charge on any atom is 0.408 e. The van der Waals surface area contributed by atoms with Crippen LogP contribution in [-0.2, 0) is 29.1 Å². The van der Waals surface area contributed by atoms with Gasteiger partial charge in [0.25, 0.3) is 5.91 Å². The lowest BCUT2D eigenvalue weighted by atomic mass is 10.1. The maximum atomic E-state index is 13.7. The van der Waals surface area contributed by atoms with Crippen LogP contribution in [0.4, 0.5) is 4.79 Å². The van der Waals surface area contributed by atoms with Gasteiger partial charge in [-0.1, -0.05) is 12.2 Å². The van der Waals surface area contributed by atoms with Gasteiger partial charge in [-0.15, -0.1) is 0 Å². The highest BCUT2D eigenvalue weighted by Gasteiger charge is 2.62. The third-order valence-electron chi connectivity index (χ3n) is 7.52. The summed E-state index contributed by atoms with van der Waals surface area (Å²) in [4.78, 5) is 54.2. The molecule has 5 atom stereocenters. The van der Waals surface area contributed by atoms with Crippen LogP contribution in [0.1, 0.15) is 65.7 Å². The normalized spacial score (nSPS) is 32.8. The summed E-state index contributed by atoms with van der Waals surface area (Å²) in [5.74, 6) is -2.44. The summed E-state index contributed by atoms with van der Waals surface area (Å²) in [7, 11) is -3.84. The Hall–Kier alpha value is -2.71. The van der Waals surface area contributed by atoms with E-state index >= 15 is 0 Å². The van der Waals surface area contributed by atoms with E-state index in [0.717, 1.165) is 6.42 Å². The molecule has 13 nitrogen and oxygen atoms in total. The summed E-state index contributed by atoms with van der Waals surface area (Å²) in [5.41, 5.74) is -2.26. The van der Waals surface area contributed by atoms with Crippen LogP contribution in [-0.4, -0.2) is 96.5 Å². The maximum absolute atomic E-state index is 13.7. The molecule has 5 N–H and O–H groups in total. The van der Waals surface area contributed by atoms with Gasteiger partial charge in [-0.2, -0.15) is 0 Å². The molecule has 2 aliphatic carbocycles. The molecule has 0 spiro atoms. The van der Waals surface area contributed by atoms with Gasteiger partial charge in [-0.05, 0) is 72.4 Å². The molecule has 0 radical (unpaired) electrons. The highest BCUT2D eigenvalue weighted by atomic mass is 32.2. The van der Waals surface area contributed by atoms with Crippen molar-refractivity contribution in [3.8, 4) is 0 Å². The molecule has 0 aromatic heterocycles. The summed E-state index contributed by atoms with van der Waals surface area (Å²) in [6, 6.07) is -2.13. The van der Waals surface area contributed by atoms with Crippen LogP contribution in [0.15, 0.2) is 12.2 Å². The molecule has 2 aliphatic heterocycles. The number of carbonyl (C=O) groups is 4. The van der Waals surface area contributed by atoms with Gasteiger partial charge in [0.1, 0.15) is 23.2 Å². The molecule has 0 unspecified atom stereocenters. The number of carbonyl (C=O) groups excluding carboxylic acids is 4. The van der Waals surface area contributed by atoms with E-state index in [1.165, 1.54) is 4.90 Å². The van der Waals surface area contributed by atoms with Gasteiger partial charge in [-0.3, -0.25) is 19.1 Å². The molecular weight excluding hydrogens is 542 g/mol. The van der Waals surface area contributed by atoms with E-state index in [1.807, 2.05) is 12.2 Å². The number of aliphatic hydroxyl groups excluding tert-OH is 1. The monoisotopic (exact) mass is 583 g/mol. The second kappa shape index (κ2) is 11.6. The fraction of sp³-hybridized carbons (Fsp3) is 0.769. The number of aliphatic hydroxyl groups is 1. The molecule has 4 rings (SSSR count). The fourth-order valence-corrected chi connectivity index (χ4v) is 6.52. The predicted molar refractivity (Wildman–Crippen MR) is 144 cm³/mol. The van der Waals surface area contributed by atoms with E-state index in [2.05, 4.69) is 20.7 Å². The molecule has 4 aliphatic rings. The Morgan fingerprint density at radius 1 is 1.18 bits per heavy atom. The highest BCUT2D eigenvalue weighted by Crippen LogP contribution is 2.46. The van der Waals surface area contributed by atoms with Crippen LogP contribution >= 0.6 is 0 Å². The quantitative estimate of drug-likeness (QED) is 0.276. The molecule has 0 aromatic rings. The number of hydrogen-bond donors (Lipinski definition) is 5. The van der Waals surface area contributed by atoms with Gasteiger partial charge in [0.15, 0.2) is 0 Å². The van der Waals surface area contributed by atoms with Gasteiger partial charge in [0, 0.05) is 18.9 Å². The highest BCUT2D eigenvalue weighted by molar-refractivity contribution is 7.91. The molecule has 0 bridgehead atoms. The molecule has 4 amide bonds. The summed E-state index contributed by atoms with van der Waals surface area (Å²) >= 11 is 0. The largest absolute Gasteiger partial charge is 0.444 e. The van der Waals surface area contributed by atoms with Crippen molar-refractivity contribution in [2.24, 2.45) is 5.92 Å². The number of amides is 4. The topological polar surface area (TPSA) is 183 Å². The van der Waals surface area contributed by atoms with Crippen LogP contribution in [0.3, 0.4) is 0 Å². The van der Waals surface area contributed by atoms with Crippen molar-refractivity contribution < 1.29 is 37.4 Å². The Balaban J connectivity index is 1.57. The number of nitrogens with one attached hydrogen (secondary N) is 4. The average molecular weight is 584 g/mol. The van der Waals surface area contributed by atoms with Gasteiger partial charge >= 0.3 is 6.09 Å². The molecule has 1 saturated heterocycles. The van der Waals surface area contributed by atoms with Gasteiger partial charge in [0.2, 0.25) is 21.8 Å². The Labute approximate surface area is 234 Å². The third kappa shape index (κ3) is 7.32.